The lowest BCUT2D eigenvalue weighted by Gasteiger charge is -2.34. The second kappa shape index (κ2) is 8.55. The van der Waals surface area contributed by atoms with Gasteiger partial charge >= 0.3 is 0 Å². The molecule has 6 nitrogen and oxygen atoms in total. The summed E-state index contributed by atoms with van der Waals surface area (Å²) >= 11 is 0. The molecule has 7 heteroatoms. The van der Waals surface area contributed by atoms with Gasteiger partial charge in [-0.05, 0) is 62.6 Å². The first-order valence-corrected chi connectivity index (χ1v) is 11.2. The van der Waals surface area contributed by atoms with E-state index in [1.807, 2.05) is 58.0 Å². The molecule has 0 atom stereocenters. The highest BCUT2D eigenvalue weighted by Gasteiger charge is 2.31. The third-order valence-corrected chi connectivity index (χ3v) is 7.44. The van der Waals surface area contributed by atoms with Crippen LogP contribution in [0.3, 0.4) is 0 Å². The number of sulfonamides is 1. The zero-order chi connectivity index (χ0) is 21.2. The number of rotatable bonds is 5. The lowest BCUT2D eigenvalue weighted by Crippen LogP contribution is -2.51. The van der Waals surface area contributed by atoms with E-state index in [0.29, 0.717) is 23.7 Å². The van der Waals surface area contributed by atoms with Gasteiger partial charge in [0.25, 0.3) is 5.91 Å². The van der Waals surface area contributed by atoms with Gasteiger partial charge in [0.15, 0.2) is 6.61 Å². The van der Waals surface area contributed by atoms with Crippen LogP contribution in [0.5, 0.6) is 5.75 Å². The van der Waals surface area contributed by atoms with Gasteiger partial charge in [-0.2, -0.15) is 4.31 Å². The fraction of sp³-hybridized carbons (Fsp3) is 0.409. The second-order valence-corrected chi connectivity index (χ2v) is 9.49. The van der Waals surface area contributed by atoms with Crippen LogP contribution in [0.15, 0.2) is 41.3 Å². The Kier molecular flexibility index (Phi) is 6.29. The molecule has 2 aromatic rings. The van der Waals surface area contributed by atoms with Crippen molar-refractivity contribution in [2.24, 2.45) is 0 Å². The monoisotopic (exact) mass is 416 g/mol. The van der Waals surface area contributed by atoms with Crippen LogP contribution in [0.1, 0.15) is 22.3 Å². The summed E-state index contributed by atoms with van der Waals surface area (Å²) < 4.78 is 33.0. The van der Waals surface area contributed by atoms with Crippen LogP contribution < -0.4 is 4.74 Å². The summed E-state index contributed by atoms with van der Waals surface area (Å²) in [5.41, 5.74) is 4.05. The van der Waals surface area contributed by atoms with Crippen LogP contribution in [-0.2, 0) is 14.8 Å². The Labute approximate surface area is 173 Å². The lowest BCUT2D eigenvalue weighted by molar-refractivity contribution is -0.134. The van der Waals surface area contributed by atoms with Crippen molar-refractivity contribution in [3.8, 4) is 5.75 Å². The van der Waals surface area contributed by atoms with E-state index < -0.39 is 10.0 Å². The summed E-state index contributed by atoms with van der Waals surface area (Å²) in [4.78, 5) is 14.5. The average molecular weight is 417 g/mol. The summed E-state index contributed by atoms with van der Waals surface area (Å²) in [5, 5.41) is 0. The molecule has 0 bridgehead atoms. The van der Waals surface area contributed by atoms with Crippen molar-refractivity contribution >= 4 is 15.9 Å². The number of hydrogen-bond donors (Lipinski definition) is 0. The maximum Gasteiger partial charge on any atom is 0.260 e. The van der Waals surface area contributed by atoms with Gasteiger partial charge in [-0.25, -0.2) is 8.42 Å². The van der Waals surface area contributed by atoms with Crippen molar-refractivity contribution < 1.29 is 17.9 Å². The number of carbonyl (C=O) groups excluding carboxylic acids is 1. The van der Waals surface area contributed by atoms with Gasteiger partial charge in [0.2, 0.25) is 10.0 Å². The first-order valence-electron chi connectivity index (χ1n) is 9.74. The summed E-state index contributed by atoms with van der Waals surface area (Å²) in [6, 6.07) is 11.1. The first kappa shape index (κ1) is 21.3. The van der Waals surface area contributed by atoms with Crippen molar-refractivity contribution in [2.45, 2.75) is 32.6 Å². The van der Waals surface area contributed by atoms with E-state index in [2.05, 4.69) is 0 Å². The van der Waals surface area contributed by atoms with E-state index >= 15 is 0 Å². The molecule has 1 amide bonds. The van der Waals surface area contributed by atoms with Gasteiger partial charge < -0.3 is 9.64 Å². The number of nitrogens with zero attached hydrogens (tertiary/aromatic N) is 2. The quantitative estimate of drug-likeness (QED) is 0.752. The van der Waals surface area contributed by atoms with Crippen molar-refractivity contribution in [1.82, 2.24) is 9.21 Å². The molecule has 1 saturated heterocycles. The van der Waals surface area contributed by atoms with Crippen molar-refractivity contribution in [3.63, 3.8) is 0 Å². The highest BCUT2D eigenvalue weighted by molar-refractivity contribution is 7.89. The minimum atomic E-state index is -3.56. The number of aryl methyl sites for hydroxylation is 4. The molecule has 2 aromatic carbocycles. The van der Waals surface area contributed by atoms with Gasteiger partial charge in [0, 0.05) is 26.2 Å². The predicted molar refractivity (Wildman–Crippen MR) is 113 cm³/mol. The third kappa shape index (κ3) is 4.79. The number of benzene rings is 2. The number of amides is 1. The maximum absolute atomic E-state index is 13.0. The van der Waals surface area contributed by atoms with E-state index in [-0.39, 0.29) is 25.6 Å². The predicted octanol–water partition coefficient (Wildman–Crippen LogP) is 2.83. The fourth-order valence-electron chi connectivity index (χ4n) is 3.45. The van der Waals surface area contributed by atoms with Gasteiger partial charge in [-0.1, -0.05) is 23.8 Å². The van der Waals surface area contributed by atoms with E-state index in [1.165, 1.54) is 9.87 Å². The molecule has 0 radical (unpaired) electrons. The number of ether oxygens (including phenoxy) is 1. The molecule has 156 valence electrons. The van der Waals surface area contributed by atoms with E-state index in [9.17, 15) is 13.2 Å². The number of hydrogen-bond acceptors (Lipinski definition) is 4. The van der Waals surface area contributed by atoms with Gasteiger partial charge in [-0.15, -0.1) is 0 Å². The van der Waals surface area contributed by atoms with Gasteiger partial charge in [0.1, 0.15) is 5.75 Å². The van der Waals surface area contributed by atoms with Crippen molar-refractivity contribution in [3.05, 3.63) is 58.7 Å². The molecule has 0 unspecified atom stereocenters. The molecule has 0 aromatic heterocycles. The summed E-state index contributed by atoms with van der Waals surface area (Å²) in [6.07, 6.45) is 0. The van der Waals surface area contributed by atoms with Crippen LogP contribution in [-0.4, -0.2) is 56.3 Å². The van der Waals surface area contributed by atoms with Crippen LogP contribution in [0.2, 0.25) is 0 Å². The maximum atomic E-state index is 13.0. The normalized spacial score (nSPS) is 15.4. The van der Waals surface area contributed by atoms with Gasteiger partial charge in [0.05, 0.1) is 4.90 Å². The molecule has 3 rings (SSSR count). The Morgan fingerprint density at radius 3 is 2.21 bits per heavy atom. The molecule has 0 aliphatic carbocycles. The highest BCUT2D eigenvalue weighted by Crippen LogP contribution is 2.22. The van der Waals surface area contributed by atoms with Crippen LogP contribution >= 0.6 is 0 Å². The van der Waals surface area contributed by atoms with Crippen LogP contribution in [0, 0.1) is 27.7 Å². The molecule has 0 saturated carbocycles. The molecular formula is C22H28N2O4S. The zero-order valence-corrected chi connectivity index (χ0v) is 18.3. The highest BCUT2D eigenvalue weighted by atomic mass is 32.2. The summed E-state index contributed by atoms with van der Waals surface area (Å²) in [6.45, 7) is 9.01. The number of piperazine rings is 1. The SMILES string of the molecule is Cc1ccc(S(=O)(=O)N2CCN(C(=O)COc3ccc(C)c(C)c3)CC2)c(C)c1. The second-order valence-electron chi connectivity index (χ2n) is 7.59. The lowest BCUT2D eigenvalue weighted by atomic mass is 10.1. The van der Waals surface area contributed by atoms with Crippen molar-refractivity contribution in [1.29, 1.82) is 0 Å². The number of carbonyl (C=O) groups is 1. The smallest absolute Gasteiger partial charge is 0.260 e. The Morgan fingerprint density at radius 2 is 1.59 bits per heavy atom. The van der Waals surface area contributed by atoms with E-state index in [4.69, 9.17) is 4.74 Å². The standard InChI is InChI=1S/C22H28N2O4S/c1-16-5-8-21(19(4)13-16)29(26,27)24-11-9-23(10-12-24)22(25)15-28-20-7-6-17(2)18(3)14-20/h5-8,13-14H,9-12,15H2,1-4H3. The third-order valence-electron chi connectivity index (χ3n) is 5.38. The molecule has 1 aliphatic rings. The van der Waals surface area contributed by atoms with Crippen molar-refractivity contribution in [2.75, 3.05) is 32.8 Å². The average Bonchev–Trinajstić information content (AvgIpc) is 2.68. The Bertz CT molecular complexity index is 1010. The van der Waals surface area contributed by atoms with E-state index in [0.717, 1.165) is 16.7 Å². The molecule has 1 heterocycles. The summed E-state index contributed by atoms with van der Waals surface area (Å²) in [7, 11) is -3.56. The molecular weight excluding hydrogens is 388 g/mol. The topological polar surface area (TPSA) is 66.9 Å². The van der Waals surface area contributed by atoms with Gasteiger partial charge in [-0.3, -0.25) is 4.79 Å². The minimum Gasteiger partial charge on any atom is -0.484 e. The first-order chi connectivity index (χ1) is 13.7. The van der Waals surface area contributed by atoms with Crippen LogP contribution in [0.25, 0.3) is 0 Å². The molecule has 0 spiro atoms. The Morgan fingerprint density at radius 1 is 0.897 bits per heavy atom. The minimum absolute atomic E-state index is 0.0493. The fourth-order valence-corrected chi connectivity index (χ4v) is 5.07. The molecule has 0 N–H and O–H groups in total. The Balaban J connectivity index is 1.58. The molecule has 29 heavy (non-hydrogen) atoms. The molecule has 1 fully saturated rings. The largest absolute Gasteiger partial charge is 0.484 e. The molecule has 1 aliphatic heterocycles. The zero-order valence-electron chi connectivity index (χ0n) is 17.4. The van der Waals surface area contributed by atoms with E-state index in [1.54, 1.807) is 11.0 Å². The Hall–Kier alpha value is -2.38. The van der Waals surface area contributed by atoms with Crippen LogP contribution in [0.4, 0.5) is 0 Å². The summed E-state index contributed by atoms with van der Waals surface area (Å²) in [5.74, 6) is 0.532.